The number of hydrogen-bond acceptors (Lipinski definition) is 7. The molecule has 1 aliphatic heterocycles. The summed E-state index contributed by atoms with van der Waals surface area (Å²) in [5.74, 6) is 0.0575. The lowest BCUT2D eigenvalue weighted by Gasteiger charge is -2.22. The molecule has 8 heteroatoms. The number of benzene rings is 1. The largest absolute Gasteiger partial charge is 0.391 e. The molecule has 0 aliphatic carbocycles. The topological polar surface area (TPSA) is 127 Å². The molecule has 1 atom stereocenters. The second-order valence-electron chi connectivity index (χ2n) is 6.79. The van der Waals surface area contributed by atoms with Crippen LogP contribution in [0.4, 0.5) is 5.82 Å². The fourth-order valence-electron chi connectivity index (χ4n) is 3.46. The van der Waals surface area contributed by atoms with Gasteiger partial charge in [-0.1, -0.05) is 36.9 Å². The van der Waals surface area contributed by atoms with Crippen molar-refractivity contribution < 1.29 is 9.90 Å². The zero-order valence-electron chi connectivity index (χ0n) is 16.1. The third-order valence-corrected chi connectivity index (χ3v) is 5.94. The van der Waals surface area contributed by atoms with Crippen molar-refractivity contribution in [2.45, 2.75) is 42.2 Å². The fraction of sp³-hybridized carbons (Fsp3) is 0.333. The Morgan fingerprint density at radius 1 is 1.34 bits per heavy atom. The van der Waals surface area contributed by atoms with Crippen molar-refractivity contribution in [1.82, 2.24) is 4.98 Å². The number of anilines is 1. The van der Waals surface area contributed by atoms with Gasteiger partial charge >= 0.3 is 0 Å². The first-order chi connectivity index (χ1) is 14.0. The van der Waals surface area contributed by atoms with E-state index in [0.29, 0.717) is 53.5 Å². The van der Waals surface area contributed by atoms with Gasteiger partial charge in [-0.2, -0.15) is 10.5 Å². The predicted molar refractivity (Wildman–Crippen MR) is 109 cm³/mol. The standard InChI is InChI=1S/C21H21N5O2S/c1-2-15-16(10-22)20(26-8-7-14(27)12-26)25-21(17(15)11-23)29-18-6-4-3-5-13(18)9-19(24)28/h3-6,14,27H,2,7-9,12H2,1H3,(H2,24,28)/t14-/m0/s1. The molecule has 7 nitrogen and oxygen atoms in total. The first-order valence-electron chi connectivity index (χ1n) is 9.32. The van der Waals surface area contributed by atoms with E-state index >= 15 is 0 Å². The number of aliphatic hydroxyl groups excluding tert-OH is 1. The highest BCUT2D eigenvalue weighted by Crippen LogP contribution is 2.37. The van der Waals surface area contributed by atoms with E-state index in [1.807, 2.05) is 36.1 Å². The number of pyridine rings is 1. The highest BCUT2D eigenvalue weighted by atomic mass is 32.2. The maximum atomic E-state index is 11.4. The van der Waals surface area contributed by atoms with Gasteiger partial charge in [-0.05, 0) is 30.0 Å². The van der Waals surface area contributed by atoms with Crippen LogP contribution in [0.3, 0.4) is 0 Å². The molecule has 0 spiro atoms. The van der Waals surface area contributed by atoms with Crippen LogP contribution in [-0.2, 0) is 17.6 Å². The molecular weight excluding hydrogens is 386 g/mol. The number of hydrogen-bond donors (Lipinski definition) is 2. The molecular formula is C21H21N5O2S. The monoisotopic (exact) mass is 407 g/mol. The van der Waals surface area contributed by atoms with E-state index in [9.17, 15) is 20.4 Å². The Labute approximate surface area is 173 Å². The second-order valence-corrected chi connectivity index (χ2v) is 7.82. The Hall–Kier alpha value is -3.07. The van der Waals surface area contributed by atoms with Gasteiger partial charge in [0.1, 0.15) is 23.0 Å². The van der Waals surface area contributed by atoms with Crippen LogP contribution >= 0.6 is 11.8 Å². The smallest absolute Gasteiger partial charge is 0.221 e. The number of carbonyl (C=O) groups is 1. The summed E-state index contributed by atoms with van der Waals surface area (Å²) in [6, 6.07) is 11.8. The van der Waals surface area contributed by atoms with Gasteiger partial charge in [-0.3, -0.25) is 4.79 Å². The Morgan fingerprint density at radius 2 is 2.07 bits per heavy atom. The quantitative estimate of drug-likeness (QED) is 0.751. The van der Waals surface area contributed by atoms with Crippen LogP contribution in [0.25, 0.3) is 0 Å². The Balaban J connectivity index is 2.13. The number of nitriles is 2. The third kappa shape index (κ3) is 4.34. The number of β-amino-alcohol motifs (C(OH)–C–C–N with tert-alkyl or cyclic N) is 1. The van der Waals surface area contributed by atoms with Crippen LogP contribution in [0.1, 0.15) is 35.6 Å². The molecule has 2 aromatic rings. The van der Waals surface area contributed by atoms with E-state index in [4.69, 9.17) is 5.73 Å². The van der Waals surface area contributed by atoms with Crippen LogP contribution in [0.5, 0.6) is 0 Å². The summed E-state index contributed by atoms with van der Waals surface area (Å²) < 4.78 is 0. The molecule has 2 heterocycles. The number of aliphatic hydroxyl groups is 1. The van der Waals surface area contributed by atoms with Gasteiger partial charge in [-0.15, -0.1) is 0 Å². The van der Waals surface area contributed by atoms with Crippen molar-refractivity contribution in [3.8, 4) is 12.1 Å². The van der Waals surface area contributed by atoms with Crippen molar-refractivity contribution in [2.24, 2.45) is 5.73 Å². The van der Waals surface area contributed by atoms with Gasteiger partial charge < -0.3 is 15.7 Å². The molecule has 1 amide bonds. The third-order valence-electron chi connectivity index (χ3n) is 4.83. The highest BCUT2D eigenvalue weighted by Gasteiger charge is 2.28. The van der Waals surface area contributed by atoms with Crippen molar-refractivity contribution in [1.29, 1.82) is 10.5 Å². The van der Waals surface area contributed by atoms with Gasteiger partial charge in [0.25, 0.3) is 0 Å². The van der Waals surface area contributed by atoms with Crippen LogP contribution in [0, 0.1) is 22.7 Å². The molecule has 0 bridgehead atoms. The zero-order valence-corrected chi connectivity index (χ0v) is 16.9. The fourth-order valence-corrected chi connectivity index (χ4v) is 4.49. The van der Waals surface area contributed by atoms with E-state index in [1.165, 1.54) is 11.8 Å². The molecule has 0 unspecified atom stereocenters. The number of nitrogens with two attached hydrogens (primary N) is 1. The molecule has 0 radical (unpaired) electrons. The van der Waals surface area contributed by atoms with Crippen LogP contribution < -0.4 is 10.6 Å². The highest BCUT2D eigenvalue weighted by molar-refractivity contribution is 7.99. The van der Waals surface area contributed by atoms with Gasteiger partial charge in [0.05, 0.1) is 23.7 Å². The van der Waals surface area contributed by atoms with Gasteiger partial charge in [0, 0.05) is 18.0 Å². The lowest BCUT2D eigenvalue weighted by Crippen LogP contribution is -2.24. The van der Waals surface area contributed by atoms with Gasteiger partial charge in [0.2, 0.25) is 5.91 Å². The molecule has 1 aliphatic rings. The summed E-state index contributed by atoms with van der Waals surface area (Å²) in [6.45, 7) is 2.90. The van der Waals surface area contributed by atoms with Crippen LogP contribution in [0.15, 0.2) is 34.2 Å². The number of carbonyl (C=O) groups excluding carboxylic acids is 1. The lowest BCUT2D eigenvalue weighted by molar-refractivity contribution is -0.117. The molecule has 1 aromatic carbocycles. The van der Waals surface area contributed by atoms with Crippen LogP contribution in [-0.4, -0.2) is 35.2 Å². The molecule has 3 N–H and O–H groups in total. The Bertz CT molecular complexity index is 1020. The summed E-state index contributed by atoms with van der Waals surface area (Å²) in [7, 11) is 0. The Morgan fingerprint density at radius 3 is 2.66 bits per heavy atom. The van der Waals surface area contributed by atoms with E-state index in [0.717, 1.165) is 10.5 Å². The molecule has 29 heavy (non-hydrogen) atoms. The summed E-state index contributed by atoms with van der Waals surface area (Å²) >= 11 is 1.29. The Kier molecular flexibility index (Phi) is 6.38. The molecule has 148 valence electrons. The first kappa shape index (κ1) is 20.7. The minimum atomic E-state index is -0.462. The lowest BCUT2D eigenvalue weighted by atomic mass is 10.0. The molecule has 1 aromatic heterocycles. The van der Waals surface area contributed by atoms with Gasteiger partial charge in [0.15, 0.2) is 0 Å². The summed E-state index contributed by atoms with van der Waals surface area (Å²) in [5.41, 5.74) is 7.52. The van der Waals surface area contributed by atoms with E-state index in [1.54, 1.807) is 0 Å². The molecule has 3 rings (SSSR count). The maximum absolute atomic E-state index is 11.4. The molecule has 1 saturated heterocycles. The van der Waals surface area contributed by atoms with Gasteiger partial charge in [-0.25, -0.2) is 4.98 Å². The number of primary amides is 1. The minimum absolute atomic E-state index is 0.0904. The second kappa shape index (κ2) is 8.95. The van der Waals surface area contributed by atoms with Crippen molar-refractivity contribution in [3.05, 3.63) is 46.5 Å². The average Bonchev–Trinajstić information content (AvgIpc) is 3.14. The van der Waals surface area contributed by atoms with Crippen molar-refractivity contribution >= 4 is 23.5 Å². The number of rotatable bonds is 6. The van der Waals surface area contributed by atoms with Crippen LogP contribution in [0.2, 0.25) is 0 Å². The number of amides is 1. The predicted octanol–water partition coefficient (Wildman–Crippen LogP) is 2.14. The zero-order chi connectivity index (χ0) is 21.0. The molecule has 0 saturated carbocycles. The van der Waals surface area contributed by atoms with Crippen molar-refractivity contribution in [2.75, 3.05) is 18.0 Å². The minimum Gasteiger partial charge on any atom is -0.391 e. The SMILES string of the molecule is CCc1c(C#N)c(Sc2ccccc2CC(N)=O)nc(N2CC[C@H](O)C2)c1C#N. The van der Waals surface area contributed by atoms with E-state index in [2.05, 4.69) is 17.1 Å². The summed E-state index contributed by atoms with van der Waals surface area (Å²) in [5, 5.41) is 30.0. The number of nitrogens with zero attached hydrogens (tertiary/aromatic N) is 4. The average molecular weight is 407 g/mol. The normalized spacial score (nSPS) is 15.7. The van der Waals surface area contributed by atoms with Crippen molar-refractivity contribution in [3.63, 3.8) is 0 Å². The van der Waals surface area contributed by atoms with E-state index in [-0.39, 0.29) is 6.42 Å². The van der Waals surface area contributed by atoms with E-state index < -0.39 is 12.0 Å². The first-order valence-corrected chi connectivity index (χ1v) is 10.1. The number of aromatic nitrogens is 1. The summed E-state index contributed by atoms with van der Waals surface area (Å²) in [4.78, 5) is 18.8. The molecule has 1 fully saturated rings. The summed E-state index contributed by atoms with van der Waals surface area (Å²) in [6.07, 6.45) is 0.746. The maximum Gasteiger partial charge on any atom is 0.221 e.